The Kier molecular flexibility index (Phi) is 1.77. The molecule has 0 saturated carbocycles. The molecule has 0 aromatic carbocycles. The van der Waals surface area contributed by atoms with Gasteiger partial charge >= 0.3 is 0 Å². The molecule has 66 valence electrons. The van der Waals surface area contributed by atoms with Gasteiger partial charge in [0.25, 0.3) is 0 Å². The first kappa shape index (κ1) is 7.85. The second-order valence-electron chi connectivity index (χ2n) is 2.60. The summed E-state index contributed by atoms with van der Waals surface area (Å²) in [5, 5.41) is 6.49. The van der Waals surface area contributed by atoms with Crippen LogP contribution in [0.5, 0.6) is 0 Å². The number of aromatic nitrogens is 4. The first-order valence-corrected chi connectivity index (χ1v) is 3.76. The molecule has 0 spiro atoms. The fourth-order valence-corrected chi connectivity index (χ4v) is 1.02. The Bertz CT molecular complexity index is 424. The predicted molar refractivity (Wildman–Crippen MR) is 44.3 cm³/mol. The lowest BCUT2D eigenvalue weighted by Crippen LogP contribution is -1.87. The van der Waals surface area contributed by atoms with Crippen LogP contribution in [0.1, 0.15) is 5.82 Å². The Hall–Kier alpha value is -1.78. The van der Waals surface area contributed by atoms with Gasteiger partial charge in [0, 0.05) is 6.20 Å². The van der Waals surface area contributed by atoms with Gasteiger partial charge in [0.15, 0.2) is 11.6 Å². The Labute approximate surface area is 73.9 Å². The topological polar surface area (TPSA) is 54.5 Å². The van der Waals surface area contributed by atoms with E-state index in [4.69, 9.17) is 0 Å². The van der Waals surface area contributed by atoms with Crippen LogP contribution in [-0.4, -0.2) is 20.2 Å². The quantitative estimate of drug-likeness (QED) is 0.716. The van der Waals surface area contributed by atoms with Crippen LogP contribution in [-0.2, 0) is 0 Å². The maximum Gasteiger partial charge on any atom is 0.184 e. The van der Waals surface area contributed by atoms with Gasteiger partial charge in [-0.15, -0.1) is 0 Å². The largest absolute Gasteiger partial charge is 0.263 e. The van der Waals surface area contributed by atoms with Crippen molar-refractivity contribution in [3.8, 4) is 11.4 Å². The molecule has 0 aliphatic carbocycles. The van der Waals surface area contributed by atoms with Crippen molar-refractivity contribution in [1.29, 1.82) is 0 Å². The van der Waals surface area contributed by atoms with Gasteiger partial charge < -0.3 is 0 Å². The summed E-state index contributed by atoms with van der Waals surface area (Å²) in [5.74, 6) is 0.602. The molecule has 0 amide bonds. The molecule has 5 heteroatoms. The van der Waals surface area contributed by atoms with Crippen molar-refractivity contribution in [2.24, 2.45) is 0 Å². The van der Waals surface area contributed by atoms with Crippen LogP contribution in [0.3, 0.4) is 0 Å². The monoisotopic (exact) mass is 178 g/mol. The molecule has 0 bridgehead atoms. The fourth-order valence-electron chi connectivity index (χ4n) is 1.02. The minimum Gasteiger partial charge on any atom is -0.263 e. The van der Waals surface area contributed by atoms with Gasteiger partial charge in [-0.1, -0.05) is 0 Å². The summed E-state index contributed by atoms with van der Waals surface area (Å²) in [6.07, 6.45) is 2.64. The number of aryl methyl sites for hydroxylation is 1. The smallest absolute Gasteiger partial charge is 0.184 e. The zero-order valence-electron chi connectivity index (χ0n) is 6.95. The molecule has 4 nitrogen and oxygen atoms in total. The highest BCUT2D eigenvalue weighted by Crippen LogP contribution is 2.16. The number of pyridine rings is 1. The minimum atomic E-state index is -0.415. The van der Waals surface area contributed by atoms with Crippen molar-refractivity contribution in [2.45, 2.75) is 6.92 Å². The molecule has 0 radical (unpaired) electrons. The van der Waals surface area contributed by atoms with Crippen LogP contribution in [0.2, 0.25) is 0 Å². The molecule has 13 heavy (non-hydrogen) atoms. The number of halogens is 1. The number of rotatable bonds is 1. The second kappa shape index (κ2) is 2.93. The van der Waals surface area contributed by atoms with E-state index >= 15 is 0 Å². The highest BCUT2D eigenvalue weighted by atomic mass is 19.1. The van der Waals surface area contributed by atoms with Crippen molar-refractivity contribution in [3.05, 3.63) is 30.1 Å². The molecule has 1 N–H and O–H groups in total. The van der Waals surface area contributed by atoms with E-state index in [1.54, 1.807) is 6.92 Å². The van der Waals surface area contributed by atoms with Gasteiger partial charge in [0.1, 0.15) is 5.82 Å². The van der Waals surface area contributed by atoms with Gasteiger partial charge in [-0.05, 0) is 13.0 Å². The van der Waals surface area contributed by atoms with E-state index in [2.05, 4.69) is 20.2 Å². The van der Waals surface area contributed by atoms with Crippen molar-refractivity contribution >= 4 is 0 Å². The van der Waals surface area contributed by atoms with Crippen molar-refractivity contribution in [3.63, 3.8) is 0 Å². The molecule has 2 aromatic heterocycles. The van der Waals surface area contributed by atoms with E-state index in [1.165, 1.54) is 12.3 Å². The summed E-state index contributed by atoms with van der Waals surface area (Å²) >= 11 is 0. The Morgan fingerprint density at radius 3 is 2.92 bits per heavy atom. The average Bonchev–Trinajstić information content (AvgIpc) is 2.53. The van der Waals surface area contributed by atoms with Crippen molar-refractivity contribution in [2.75, 3.05) is 0 Å². The summed E-state index contributed by atoms with van der Waals surface area (Å²) in [4.78, 5) is 7.64. The number of hydrogen-bond acceptors (Lipinski definition) is 3. The van der Waals surface area contributed by atoms with Gasteiger partial charge in [-0.2, -0.15) is 5.10 Å². The molecule has 2 rings (SSSR count). The number of aromatic amines is 1. The highest BCUT2D eigenvalue weighted by molar-refractivity contribution is 5.54. The fraction of sp³-hybridized carbons (Fsp3) is 0.125. The Morgan fingerprint density at radius 1 is 1.46 bits per heavy atom. The van der Waals surface area contributed by atoms with Crippen LogP contribution >= 0.6 is 0 Å². The van der Waals surface area contributed by atoms with Crippen LogP contribution in [0, 0.1) is 12.7 Å². The van der Waals surface area contributed by atoms with Gasteiger partial charge in [0.05, 0.1) is 11.8 Å². The zero-order chi connectivity index (χ0) is 9.26. The number of nitrogens with one attached hydrogen (secondary N) is 1. The number of hydrogen-bond donors (Lipinski definition) is 1. The summed E-state index contributed by atoms with van der Waals surface area (Å²) in [7, 11) is 0. The van der Waals surface area contributed by atoms with Crippen LogP contribution in [0.15, 0.2) is 18.5 Å². The summed E-state index contributed by atoms with van der Waals surface area (Å²) in [5.41, 5.74) is 0.361. The molecule has 2 heterocycles. The van der Waals surface area contributed by atoms with E-state index in [-0.39, 0.29) is 0 Å². The number of nitrogens with zero attached hydrogens (tertiary/aromatic N) is 3. The maximum absolute atomic E-state index is 13.1. The number of H-pyrrole nitrogens is 1. The summed E-state index contributed by atoms with van der Waals surface area (Å²) < 4.78 is 13.1. The molecule has 0 atom stereocenters. The maximum atomic E-state index is 13.1. The molecule has 0 saturated heterocycles. The van der Waals surface area contributed by atoms with Crippen molar-refractivity contribution in [1.82, 2.24) is 20.2 Å². The standard InChI is InChI=1S/C8H7FN4/c1-5-11-8(13-12-5)6-2-3-10-4-7(6)9/h2-4H,1H3,(H,11,12,13). The Morgan fingerprint density at radius 2 is 2.31 bits per heavy atom. The first-order chi connectivity index (χ1) is 6.27. The molecular formula is C8H7FN4. The Balaban J connectivity index is 2.52. The molecular weight excluding hydrogens is 171 g/mol. The third-order valence-corrected chi connectivity index (χ3v) is 1.61. The molecule has 0 fully saturated rings. The SMILES string of the molecule is Cc1nc(-c2ccncc2F)n[nH]1. The molecule has 0 aliphatic heterocycles. The van der Waals surface area contributed by atoms with E-state index in [9.17, 15) is 4.39 Å². The average molecular weight is 178 g/mol. The van der Waals surface area contributed by atoms with E-state index in [0.717, 1.165) is 6.20 Å². The zero-order valence-corrected chi connectivity index (χ0v) is 6.95. The van der Waals surface area contributed by atoms with E-state index in [1.807, 2.05) is 0 Å². The third-order valence-electron chi connectivity index (χ3n) is 1.61. The van der Waals surface area contributed by atoms with E-state index in [0.29, 0.717) is 17.2 Å². The predicted octanol–water partition coefficient (Wildman–Crippen LogP) is 1.31. The lowest BCUT2D eigenvalue weighted by Gasteiger charge is -1.94. The third kappa shape index (κ3) is 1.40. The summed E-state index contributed by atoms with van der Waals surface area (Å²) in [6.45, 7) is 1.76. The normalized spacial score (nSPS) is 10.3. The van der Waals surface area contributed by atoms with Crippen LogP contribution in [0.25, 0.3) is 11.4 Å². The van der Waals surface area contributed by atoms with E-state index < -0.39 is 5.82 Å². The summed E-state index contributed by atoms with van der Waals surface area (Å²) in [6, 6.07) is 1.54. The van der Waals surface area contributed by atoms with Gasteiger partial charge in [-0.25, -0.2) is 9.37 Å². The highest BCUT2D eigenvalue weighted by Gasteiger charge is 2.08. The van der Waals surface area contributed by atoms with Gasteiger partial charge in [0.2, 0.25) is 0 Å². The lowest BCUT2D eigenvalue weighted by atomic mass is 10.2. The molecule has 0 unspecified atom stereocenters. The first-order valence-electron chi connectivity index (χ1n) is 3.76. The van der Waals surface area contributed by atoms with Crippen LogP contribution in [0.4, 0.5) is 4.39 Å². The minimum absolute atomic E-state index is 0.359. The van der Waals surface area contributed by atoms with Crippen molar-refractivity contribution < 1.29 is 4.39 Å². The van der Waals surface area contributed by atoms with Gasteiger partial charge in [-0.3, -0.25) is 10.1 Å². The van der Waals surface area contributed by atoms with Crippen LogP contribution < -0.4 is 0 Å². The molecule has 2 aromatic rings. The second-order valence-corrected chi connectivity index (χ2v) is 2.60. The lowest BCUT2D eigenvalue weighted by molar-refractivity contribution is 0.623. The molecule has 0 aliphatic rings.